The van der Waals surface area contributed by atoms with Gasteiger partial charge in [0.1, 0.15) is 0 Å². The number of carboxylic acids is 1. The summed E-state index contributed by atoms with van der Waals surface area (Å²) < 4.78 is 0. The summed E-state index contributed by atoms with van der Waals surface area (Å²) in [6, 6.07) is 3.49. The van der Waals surface area contributed by atoms with E-state index in [2.05, 4.69) is 15.6 Å². The number of amides is 2. The minimum atomic E-state index is -0.779. The van der Waals surface area contributed by atoms with Crippen LogP contribution in [-0.2, 0) is 11.3 Å². The number of carbonyl (C=O) groups excluding carboxylic acids is 1. The maximum absolute atomic E-state index is 11.5. The van der Waals surface area contributed by atoms with E-state index in [0.717, 1.165) is 12.0 Å². The second-order valence-corrected chi connectivity index (χ2v) is 4.80. The number of pyridine rings is 1. The van der Waals surface area contributed by atoms with Crippen molar-refractivity contribution in [1.82, 2.24) is 15.6 Å². The Hall–Kier alpha value is -2.11. The third kappa shape index (κ3) is 7.35. The van der Waals surface area contributed by atoms with Gasteiger partial charge in [0.15, 0.2) is 0 Å². The van der Waals surface area contributed by atoms with Gasteiger partial charge in [0.2, 0.25) is 0 Å². The molecule has 0 aromatic carbocycles. The highest BCUT2D eigenvalue weighted by Crippen LogP contribution is 2.08. The van der Waals surface area contributed by atoms with Gasteiger partial charge in [-0.05, 0) is 30.4 Å². The van der Waals surface area contributed by atoms with Gasteiger partial charge < -0.3 is 15.7 Å². The van der Waals surface area contributed by atoms with Gasteiger partial charge in [0.25, 0.3) is 0 Å². The van der Waals surface area contributed by atoms with Crippen LogP contribution >= 0.6 is 0 Å². The van der Waals surface area contributed by atoms with E-state index in [1.165, 1.54) is 0 Å². The summed E-state index contributed by atoms with van der Waals surface area (Å²) >= 11 is 0. The van der Waals surface area contributed by atoms with Gasteiger partial charge in [0.05, 0.1) is 0 Å². The van der Waals surface area contributed by atoms with Crippen LogP contribution in [0.15, 0.2) is 24.5 Å². The van der Waals surface area contributed by atoms with Crippen molar-refractivity contribution in [3.8, 4) is 0 Å². The molecular formula is C14H21N3O3. The van der Waals surface area contributed by atoms with E-state index < -0.39 is 5.97 Å². The van der Waals surface area contributed by atoms with Crippen LogP contribution in [0.25, 0.3) is 0 Å². The van der Waals surface area contributed by atoms with Crippen LogP contribution in [0.5, 0.6) is 0 Å². The Morgan fingerprint density at radius 3 is 2.80 bits per heavy atom. The summed E-state index contributed by atoms with van der Waals surface area (Å²) in [6.07, 6.45) is 4.96. The zero-order valence-electron chi connectivity index (χ0n) is 11.6. The topological polar surface area (TPSA) is 91.3 Å². The average Bonchev–Trinajstić information content (AvgIpc) is 2.44. The lowest BCUT2D eigenvalue weighted by atomic mass is 10.0. The number of urea groups is 1. The molecule has 1 unspecified atom stereocenters. The Labute approximate surface area is 118 Å². The van der Waals surface area contributed by atoms with Crippen molar-refractivity contribution in [3.63, 3.8) is 0 Å². The molecule has 0 saturated carbocycles. The molecule has 0 saturated heterocycles. The van der Waals surface area contributed by atoms with Crippen LogP contribution in [0.2, 0.25) is 0 Å². The first-order valence-corrected chi connectivity index (χ1v) is 6.70. The number of carbonyl (C=O) groups is 2. The Balaban J connectivity index is 2.09. The number of aliphatic carboxylic acids is 1. The van der Waals surface area contributed by atoms with Gasteiger partial charge in [-0.1, -0.05) is 13.0 Å². The number of nitrogens with one attached hydrogen (secondary N) is 2. The number of hydrogen-bond donors (Lipinski definition) is 3. The molecule has 0 aliphatic carbocycles. The van der Waals surface area contributed by atoms with Crippen LogP contribution in [0.4, 0.5) is 4.79 Å². The van der Waals surface area contributed by atoms with Gasteiger partial charge in [0, 0.05) is 31.9 Å². The maximum Gasteiger partial charge on any atom is 0.315 e. The Bertz CT molecular complexity index is 423. The molecule has 0 bridgehead atoms. The molecule has 0 fully saturated rings. The van der Waals surface area contributed by atoms with Crippen LogP contribution in [-0.4, -0.2) is 28.6 Å². The molecule has 1 aromatic heterocycles. The minimum absolute atomic E-state index is 0.175. The molecule has 6 nitrogen and oxygen atoms in total. The SMILES string of the molecule is CC(CCNC(=O)NCc1cccnc1)CCC(=O)O. The molecule has 0 aliphatic rings. The van der Waals surface area contributed by atoms with Crippen molar-refractivity contribution in [2.45, 2.75) is 32.7 Å². The molecule has 3 N–H and O–H groups in total. The normalized spacial score (nSPS) is 11.7. The second kappa shape index (κ2) is 8.90. The fourth-order valence-electron chi connectivity index (χ4n) is 1.69. The van der Waals surface area contributed by atoms with Crippen molar-refractivity contribution in [3.05, 3.63) is 30.1 Å². The molecule has 20 heavy (non-hydrogen) atoms. The van der Waals surface area contributed by atoms with E-state index in [1.54, 1.807) is 12.4 Å². The van der Waals surface area contributed by atoms with Gasteiger partial charge in [-0.15, -0.1) is 0 Å². The Kier molecular flexibility index (Phi) is 7.10. The zero-order valence-corrected chi connectivity index (χ0v) is 11.6. The number of nitrogens with zero attached hydrogens (tertiary/aromatic N) is 1. The van der Waals surface area contributed by atoms with Crippen molar-refractivity contribution in [2.24, 2.45) is 5.92 Å². The highest BCUT2D eigenvalue weighted by atomic mass is 16.4. The van der Waals surface area contributed by atoms with Crippen LogP contribution in [0.3, 0.4) is 0 Å². The van der Waals surface area contributed by atoms with E-state index in [9.17, 15) is 9.59 Å². The summed E-state index contributed by atoms with van der Waals surface area (Å²) in [5.41, 5.74) is 0.942. The van der Waals surface area contributed by atoms with E-state index in [0.29, 0.717) is 19.5 Å². The zero-order chi connectivity index (χ0) is 14.8. The third-order valence-electron chi connectivity index (χ3n) is 2.95. The van der Waals surface area contributed by atoms with Crippen molar-refractivity contribution in [1.29, 1.82) is 0 Å². The summed E-state index contributed by atoms with van der Waals surface area (Å²) in [7, 11) is 0. The molecule has 1 heterocycles. The number of hydrogen-bond acceptors (Lipinski definition) is 3. The molecule has 0 spiro atoms. The van der Waals surface area contributed by atoms with Crippen LogP contribution < -0.4 is 10.6 Å². The van der Waals surface area contributed by atoms with E-state index in [-0.39, 0.29) is 18.4 Å². The van der Waals surface area contributed by atoms with Gasteiger partial charge >= 0.3 is 12.0 Å². The van der Waals surface area contributed by atoms with E-state index in [1.807, 2.05) is 19.1 Å². The molecule has 2 amide bonds. The monoisotopic (exact) mass is 279 g/mol. The molecule has 1 atom stereocenters. The number of rotatable bonds is 8. The lowest BCUT2D eigenvalue weighted by molar-refractivity contribution is -0.137. The fraction of sp³-hybridized carbons (Fsp3) is 0.500. The van der Waals surface area contributed by atoms with Crippen LogP contribution in [0.1, 0.15) is 31.7 Å². The lowest BCUT2D eigenvalue weighted by Gasteiger charge is -2.11. The predicted octanol–water partition coefficient (Wildman–Crippen LogP) is 1.77. The number of carboxylic acid groups (broad SMARTS) is 1. The highest BCUT2D eigenvalue weighted by molar-refractivity contribution is 5.73. The Morgan fingerprint density at radius 1 is 1.35 bits per heavy atom. The fourth-order valence-corrected chi connectivity index (χ4v) is 1.69. The number of aromatic nitrogens is 1. The summed E-state index contributed by atoms with van der Waals surface area (Å²) in [6.45, 7) is 2.96. The van der Waals surface area contributed by atoms with Crippen molar-refractivity contribution in [2.75, 3.05) is 6.54 Å². The third-order valence-corrected chi connectivity index (χ3v) is 2.95. The molecule has 0 aliphatic heterocycles. The molecule has 6 heteroatoms. The van der Waals surface area contributed by atoms with E-state index in [4.69, 9.17) is 5.11 Å². The summed E-state index contributed by atoms with van der Waals surface area (Å²) in [5, 5.41) is 14.1. The van der Waals surface area contributed by atoms with Gasteiger partial charge in [-0.25, -0.2) is 4.79 Å². The quantitative estimate of drug-likeness (QED) is 0.676. The second-order valence-electron chi connectivity index (χ2n) is 4.80. The highest BCUT2D eigenvalue weighted by Gasteiger charge is 2.06. The van der Waals surface area contributed by atoms with Crippen molar-refractivity contribution < 1.29 is 14.7 Å². The van der Waals surface area contributed by atoms with Gasteiger partial charge in [-0.2, -0.15) is 0 Å². The standard InChI is InChI=1S/C14H21N3O3/c1-11(4-5-13(18)19)6-8-16-14(20)17-10-12-3-2-7-15-9-12/h2-3,7,9,11H,4-6,8,10H2,1H3,(H,18,19)(H2,16,17,20). The van der Waals surface area contributed by atoms with Crippen LogP contribution in [0, 0.1) is 5.92 Å². The maximum atomic E-state index is 11.5. The molecule has 1 rings (SSSR count). The minimum Gasteiger partial charge on any atom is -0.481 e. The first-order chi connectivity index (χ1) is 9.58. The lowest BCUT2D eigenvalue weighted by Crippen LogP contribution is -2.36. The molecule has 0 radical (unpaired) electrons. The first kappa shape index (κ1) is 15.9. The average molecular weight is 279 g/mol. The summed E-state index contributed by atoms with van der Waals surface area (Å²) in [4.78, 5) is 25.9. The summed E-state index contributed by atoms with van der Waals surface area (Å²) in [5.74, 6) is -0.497. The molecule has 110 valence electrons. The molecule has 1 aromatic rings. The largest absolute Gasteiger partial charge is 0.481 e. The van der Waals surface area contributed by atoms with Crippen molar-refractivity contribution >= 4 is 12.0 Å². The first-order valence-electron chi connectivity index (χ1n) is 6.70. The Morgan fingerprint density at radius 2 is 2.15 bits per heavy atom. The predicted molar refractivity (Wildman–Crippen MR) is 75.1 cm³/mol. The molecular weight excluding hydrogens is 258 g/mol. The van der Waals surface area contributed by atoms with Gasteiger partial charge in [-0.3, -0.25) is 9.78 Å². The smallest absolute Gasteiger partial charge is 0.315 e. The van der Waals surface area contributed by atoms with E-state index >= 15 is 0 Å².